The Morgan fingerprint density at radius 3 is 3.19 bits per heavy atom. The summed E-state index contributed by atoms with van der Waals surface area (Å²) in [6, 6.07) is 0.584. The van der Waals surface area contributed by atoms with E-state index < -0.39 is 0 Å². The second kappa shape index (κ2) is 5.34. The first-order valence-corrected chi connectivity index (χ1v) is 6.26. The lowest BCUT2D eigenvalue weighted by atomic mass is 10.1. The largest absolute Gasteiger partial charge is 0.356 e. The second-order valence-corrected chi connectivity index (χ2v) is 4.64. The summed E-state index contributed by atoms with van der Waals surface area (Å²) in [4.78, 5) is 6.79. The van der Waals surface area contributed by atoms with Crippen LogP contribution in [0.25, 0.3) is 0 Å². The summed E-state index contributed by atoms with van der Waals surface area (Å²) in [6.07, 6.45) is 7.68. The van der Waals surface area contributed by atoms with Gasteiger partial charge in [-0.25, -0.2) is 4.98 Å². The third-order valence-corrected chi connectivity index (χ3v) is 3.19. The molecule has 1 aliphatic heterocycles. The predicted molar refractivity (Wildman–Crippen MR) is 66.8 cm³/mol. The first-order valence-electron chi connectivity index (χ1n) is 6.26. The number of likely N-dealkylation sites (N-methyl/N-ethyl adjacent to an activating group) is 1. The highest BCUT2D eigenvalue weighted by Gasteiger charge is 2.20. The van der Waals surface area contributed by atoms with Gasteiger partial charge in [0.15, 0.2) is 0 Å². The van der Waals surface area contributed by atoms with Gasteiger partial charge in [-0.1, -0.05) is 6.92 Å². The number of nitrogens with zero attached hydrogens (tertiary/aromatic N) is 3. The van der Waals surface area contributed by atoms with Crippen molar-refractivity contribution in [2.24, 2.45) is 0 Å². The summed E-state index contributed by atoms with van der Waals surface area (Å²) in [5, 5.41) is 3.39. The summed E-state index contributed by atoms with van der Waals surface area (Å²) < 4.78 is 2.30. The Kier molecular flexibility index (Phi) is 3.83. The molecule has 90 valence electrons. The lowest BCUT2D eigenvalue weighted by Gasteiger charge is -2.31. The minimum absolute atomic E-state index is 0.584. The van der Waals surface area contributed by atoms with E-state index in [1.807, 2.05) is 6.20 Å². The van der Waals surface area contributed by atoms with Crippen LogP contribution in [0.3, 0.4) is 0 Å². The highest BCUT2D eigenvalue weighted by Crippen LogP contribution is 2.23. The second-order valence-electron chi connectivity index (χ2n) is 4.64. The minimum atomic E-state index is 0.584. The van der Waals surface area contributed by atoms with E-state index in [4.69, 9.17) is 0 Å². The number of rotatable bonds is 4. The van der Waals surface area contributed by atoms with Gasteiger partial charge in [0.1, 0.15) is 0 Å². The smallest absolute Gasteiger partial charge is 0.203 e. The minimum Gasteiger partial charge on any atom is -0.356 e. The van der Waals surface area contributed by atoms with E-state index in [-0.39, 0.29) is 0 Å². The van der Waals surface area contributed by atoms with Crippen LogP contribution in [0.15, 0.2) is 12.4 Å². The van der Waals surface area contributed by atoms with Gasteiger partial charge < -0.3 is 14.8 Å². The molecule has 0 aromatic carbocycles. The quantitative estimate of drug-likeness (QED) is 0.845. The number of aromatic nitrogens is 2. The van der Waals surface area contributed by atoms with Crippen LogP contribution in [0.2, 0.25) is 0 Å². The van der Waals surface area contributed by atoms with Gasteiger partial charge in [0.2, 0.25) is 5.95 Å². The molecule has 0 bridgehead atoms. The normalized spacial score (nSPS) is 22.2. The molecule has 16 heavy (non-hydrogen) atoms. The standard InChI is InChI=1S/C12H22N4/c1-3-6-13-12-14-7-9-16(12)11-5-4-8-15(2)10-11/h7,9,11H,3-6,8,10H2,1-2H3,(H,13,14). The molecule has 0 aliphatic carbocycles. The van der Waals surface area contributed by atoms with Gasteiger partial charge in [0.25, 0.3) is 0 Å². The number of anilines is 1. The van der Waals surface area contributed by atoms with Gasteiger partial charge in [-0.3, -0.25) is 0 Å². The molecule has 2 heterocycles. The third-order valence-electron chi connectivity index (χ3n) is 3.19. The molecular weight excluding hydrogens is 200 g/mol. The average Bonchev–Trinajstić information content (AvgIpc) is 2.74. The lowest BCUT2D eigenvalue weighted by molar-refractivity contribution is 0.213. The highest BCUT2D eigenvalue weighted by molar-refractivity contribution is 5.26. The number of nitrogens with one attached hydrogen (secondary N) is 1. The predicted octanol–water partition coefficient (Wildman–Crippen LogP) is 1.97. The van der Waals surface area contributed by atoms with Crippen LogP contribution >= 0.6 is 0 Å². The van der Waals surface area contributed by atoms with Gasteiger partial charge >= 0.3 is 0 Å². The number of imidazole rings is 1. The lowest BCUT2D eigenvalue weighted by Crippen LogP contribution is -2.33. The van der Waals surface area contributed by atoms with Crippen molar-refractivity contribution in [3.8, 4) is 0 Å². The summed E-state index contributed by atoms with van der Waals surface area (Å²) in [5.74, 6) is 1.03. The SMILES string of the molecule is CCCNc1nccn1C1CCCN(C)C1. The maximum atomic E-state index is 4.39. The molecule has 0 radical (unpaired) electrons. The van der Waals surface area contributed by atoms with Crippen LogP contribution in [0.4, 0.5) is 5.95 Å². The van der Waals surface area contributed by atoms with Crippen LogP contribution in [0.1, 0.15) is 32.2 Å². The van der Waals surface area contributed by atoms with Crippen molar-refractivity contribution in [1.82, 2.24) is 14.5 Å². The Morgan fingerprint density at radius 2 is 2.44 bits per heavy atom. The molecular formula is C12H22N4. The topological polar surface area (TPSA) is 33.1 Å². The van der Waals surface area contributed by atoms with Gasteiger partial charge in [-0.15, -0.1) is 0 Å². The molecule has 0 amide bonds. The number of piperidine rings is 1. The molecule has 1 aromatic heterocycles. The molecule has 1 aliphatic rings. The Balaban J connectivity index is 2.04. The summed E-state index contributed by atoms with van der Waals surface area (Å²) in [7, 11) is 2.20. The Morgan fingerprint density at radius 1 is 1.56 bits per heavy atom. The van der Waals surface area contributed by atoms with E-state index >= 15 is 0 Å². The van der Waals surface area contributed by atoms with E-state index in [2.05, 4.69) is 39.9 Å². The van der Waals surface area contributed by atoms with Crippen molar-refractivity contribution >= 4 is 5.95 Å². The molecule has 4 heteroatoms. The van der Waals surface area contributed by atoms with Crippen molar-refractivity contribution in [2.45, 2.75) is 32.2 Å². The average molecular weight is 222 g/mol. The fraction of sp³-hybridized carbons (Fsp3) is 0.750. The fourth-order valence-electron chi connectivity index (χ4n) is 2.35. The molecule has 0 saturated carbocycles. The van der Waals surface area contributed by atoms with Crippen LogP contribution in [0, 0.1) is 0 Å². The van der Waals surface area contributed by atoms with E-state index in [1.165, 1.54) is 19.4 Å². The summed E-state index contributed by atoms with van der Waals surface area (Å²) >= 11 is 0. The third kappa shape index (κ3) is 2.55. The van der Waals surface area contributed by atoms with E-state index in [9.17, 15) is 0 Å². The Bertz CT molecular complexity index is 321. The Labute approximate surface area is 97.7 Å². The maximum absolute atomic E-state index is 4.39. The van der Waals surface area contributed by atoms with Crippen LogP contribution in [-0.2, 0) is 0 Å². The number of hydrogen-bond donors (Lipinski definition) is 1. The first-order chi connectivity index (χ1) is 7.81. The molecule has 1 aromatic rings. The number of hydrogen-bond acceptors (Lipinski definition) is 3. The monoisotopic (exact) mass is 222 g/mol. The molecule has 1 atom stereocenters. The van der Waals surface area contributed by atoms with E-state index in [1.54, 1.807) is 0 Å². The molecule has 4 nitrogen and oxygen atoms in total. The summed E-state index contributed by atoms with van der Waals surface area (Å²) in [6.45, 7) is 5.54. The number of likely N-dealkylation sites (tertiary alicyclic amines) is 1. The van der Waals surface area contributed by atoms with Crippen molar-refractivity contribution in [3.05, 3.63) is 12.4 Å². The van der Waals surface area contributed by atoms with Crippen molar-refractivity contribution in [1.29, 1.82) is 0 Å². The fourth-order valence-corrected chi connectivity index (χ4v) is 2.35. The van der Waals surface area contributed by atoms with Crippen molar-refractivity contribution in [3.63, 3.8) is 0 Å². The molecule has 1 saturated heterocycles. The molecule has 1 fully saturated rings. The van der Waals surface area contributed by atoms with E-state index in [0.717, 1.165) is 25.5 Å². The maximum Gasteiger partial charge on any atom is 0.203 e. The zero-order chi connectivity index (χ0) is 11.4. The zero-order valence-electron chi connectivity index (χ0n) is 10.3. The van der Waals surface area contributed by atoms with Crippen molar-refractivity contribution < 1.29 is 0 Å². The van der Waals surface area contributed by atoms with Gasteiger partial charge in [-0.2, -0.15) is 0 Å². The molecule has 2 rings (SSSR count). The highest BCUT2D eigenvalue weighted by atomic mass is 15.2. The van der Waals surface area contributed by atoms with Gasteiger partial charge in [-0.05, 0) is 32.9 Å². The zero-order valence-corrected chi connectivity index (χ0v) is 10.3. The summed E-state index contributed by atoms with van der Waals surface area (Å²) in [5.41, 5.74) is 0. The Hall–Kier alpha value is -1.03. The molecule has 1 unspecified atom stereocenters. The van der Waals surface area contributed by atoms with Gasteiger partial charge in [0.05, 0.1) is 0 Å². The van der Waals surface area contributed by atoms with Gasteiger partial charge in [0, 0.05) is 31.5 Å². The van der Waals surface area contributed by atoms with Crippen LogP contribution in [0.5, 0.6) is 0 Å². The molecule has 0 spiro atoms. The van der Waals surface area contributed by atoms with Crippen molar-refractivity contribution in [2.75, 3.05) is 32.0 Å². The molecule has 1 N–H and O–H groups in total. The first kappa shape index (κ1) is 11.5. The van der Waals surface area contributed by atoms with E-state index in [0.29, 0.717) is 6.04 Å². The van der Waals surface area contributed by atoms with Crippen LogP contribution < -0.4 is 5.32 Å². The van der Waals surface area contributed by atoms with Crippen LogP contribution in [-0.4, -0.2) is 41.1 Å².